The molecule has 1 amide bonds. The fourth-order valence-electron chi connectivity index (χ4n) is 3.40. The molecular weight excluding hydrogens is 242 g/mol. The Morgan fingerprint density at radius 3 is 3.26 bits per heavy atom. The van der Waals surface area contributed by atoms with Gasteiger partial charge in [0.25, 0.3) is 0 Å². The van der Waals surface area contributed by atoms with Gasteiger partial charge in [0.05, 0.1) is 6.04 Å². The molecule has 1 saturated carbocycles. The Hall–Kier alpha value is -1.43. The number of aromatic nitrogens is 3. The number of hydrogen-bond acceptors (Lipinski definition) is 4. The highest BCUT2D eigenvalue weighted by Gasteiger charge is 2.42. The van der Waals surface area contributed by atoms with Gasteiger partial charge in [0.15, 0.2) is 0 Å². The molecule has 3 N–H and O–H groups in total. The van der Waals surface area contributed by atoms with Gasteiger partial charge in [-0.1, -0.05) is 6.42 Å². The second-order valence-electron chi connectivity index (χ2n) is 5.57. The number of aryl methyl sites for hydroxylation is 1. The van der Waals surface area contributed by atoms with E-state index in [2.05, 4.69) is 25.8 Å². The minimum atomic E-state index is 0.0396. The van der Waals surface area contributed by atoms with Gasteiger partial charge in [0.1, 0.15) is 12.2 Å². The third-order valence-electron chi connectivity index (χ3n) is 4.38. The molecular formula is C13H21N5O. The van der Waals surface area contributed by atoms with Crippen LogP contribution >= 0.6 is 0 Å². The van der Waals surface area contributed by atoms with E-state index in [1.54, 1.807) is 0 Å². The molecule has 104 valence electrons. The van der Waals surface area contributed by atoms with E-state index < -0.39 is 0 Å². The fourth-order valence-corrected chi connectivity index (χ4v) is 3.40. The van der Waals surface area contributed by atoms with Crippen molar-refractivity contribution in [2.24, 2.45) is 11.8 Å². The van der Waals surface area contributed by atoms with Crippen LogP contribution < -0.4 is 10.6 Å². The average Bonchev–Trinajstić information content (AvgIpc) is 3.10. The van der Waals surface area contributed by atoms with Crippen molar-refractivity contribution in [1.82, 2.24) is 25.8 Å². The molecule has 0 aromatic carbocycles. The smallest absolute Gasteiger partial charge is 0.237 e. The van der Waals surface area contributed by atoms with E-state index in [0.29, 0.717) is 12.5 Å². The topological polar surface area (TPSA) is 82.7 Å². The number of carbonyl (C=O) groups is 1. The van der Waals surface area contributed by atoms with Gasteiger partial charge >= 0.3 is 0 Å². The Labute approximate surface area is 112 Å². The van der Waals surface area contributed by atoms with Gasteiger partial charge in [-0.3, -0.25) is 9.89 Å². The molecule has 19 heavy (non-hydrogen) atoms. The highest BCUT2D eigenvalue weighted by molar-refractivity contribution is 5.82. The van der Waals surface area contributed by atoms with Gasteiger partial charge in [-0.25, -0.2) is 4.98 Å². The summed E-state index contributed by atoms with van der Waals surface area (Å²) < 4.78 is 0. The van der Waals surface area contributed by atoms with Crippen LogP contribution in [0.2, 0.25) is 0 Å². The van der Waals surface area contributed by atoms with Crippen molar-refractivity contribution in [2.75, 3.05) is 13.1 Å². The first-order chi connectivity index (χ1) is 9.34. The average molecular weight is 263 g/mol. The fraction of sp³-hybridized carbons (Fsp3) is 0.769. The van der Waals surface area contributed by atoms with Crippen LogP contribution in [0.1, 0.15) is 31.5 Å². The summed E-state index contributed by atoms with van der Waals surface area (Å²) in [5.41, 5.74) is 0. The maximum Gasteiger partial charge on any atom is 0.237 e. The number of aromatic amines is 1. The molecule has 2 fully saturated rings. The zero-order chi connectivity index (χ0) is 13.1. The van der Waals surface area contributed by atoms with Crippen LogP contribution in [-0.2, 0) is 11.2 Å². The predicted molar refractivity (Wildman–Crippen MR) is 70.3 cm³/mol. The Morgan fingerprint density at radius 2 is 2.42 bits per heavy atom. The molecule has 3 atom stereocenters. The number of nitrogens with zero attached hydrogens (tertiary/aromatic N) is 2. The van der Waals surface area contributed by atoms with Crippen LogP contribution in [0, 0.1) is 11.8 Å². The lowest BCUT2D eigenvalue weighted by atomic mass is 9.93. The molecule has 1 aromatic rings. The summed E-state index contributed by atoms with van der Waals surface area (Å²) >= 11 is 0. The molecule has 3 unspecified atom stereocenters. The van der Waals surface area contributed by atoms with Crippen molar-refractivity contribution in [2.45, 2.75) is 38.1 Å². The molecule has 1 aliphatic heterocycles. The third-order valence-corrected chi connectivity index (χ3v) is 4.38. The maximum absolute atomic E-state index is 12.1. The van der Waals surface area contributed by atoms with Crippen molar-refractivity contribution in [3.05, 3.63) is 12.2 Å². The van der Waals surface area contributed by atoms with Crippen LogP contribution in [0.4, 0.5) is 0 Å². The standard InChI is InChI=1S/C13H21N5O/c19-13(12-10-4-1-3-9(10)7-15-12)14-6-2-5-11-16-8-17-18-11/h8-10,12,15H,1-7H2,(H,14,19)(H,16,17,18). The summed E-state index contributed by atoms with van der Waals surface area (Å²) in [6.45, 7) is 1.72. The molecule has 2 heterocycles. The number of nitrogens with one attached hydrogen (secondary N) is 3. The molecule has 1 aliphatic carbocycles. The Kier molecular flexibility index (Phi) is 3.77. The highest BCUT2D eigenvalue weighted by Crippen LogP contribution is 2.37. The van der Waals surface area contributed by atoms with Gasteiger partial charge < -0.3 is 10.6 Å². The zero-order valence-corrected chi connectivity index (χ0v) is 11.1. The van der Waals surface area contributed by atoms with Gasteiger partial charge in [-0.2, -0.15) is 5.10 Å². The first-order valence-corrected chi connectivity index (χ1v) is 7.20. The summed E-state index contributed by atoms with van der Waals surface area (Å²) in [5.74, 6) is 2.34. The van der Waals surface area contributed by atoms with E-state index in [1.165, 1.54) is 25.6 Å². The predicted octanol–water partition coefficient (Wildman–Crippen LogP) is 0.242. The summed E-state index contributed by atoms with van der Waals surface area (Å²) in [4.78, 5) is 16.2. The van der Waals surface area contributed by atoms with E-state index in [1.807, 2.05) is 0 Å². The Balaban J connectivity index is 1.39. The zero-order valence-electron chi connectivity index (χ0n) is 11.1. The summed E-state index contributed by atoms with van der Waals surface area (Å²) in [5, 5.41) is 13.0. The Bertz CT molecular complexity index is 419. The number of amides is 1. The normalized spacial score (nSPS) is 29.4. The first-order valence-electron chi connectivity index (χ1n) is 7.20. The second kappa shape index (κ2) is 5.69. The van der Waals surface area contributed by atoms with Crippen LogP contribution in [0.15, 0.2) is 6.33 Å². The minimum absolute atomic E-state index is 0.0396. The summed E-state index contributed by atoms with van der Waals surface area (Å²) in [6.07, 6.45) is 7.00. The lowest BCUT2D eigenvalue weighted by Crippen LogP contribution is -2.44. The van der Waals surface area contributed by atoms with Crippen molar-refractivity contribution >= 4 is 5.91 Å². The van der Waals surface area contributed by atoms with Crippen molar-refractivity contribution in [3.8, 4) is 0 Å². The van der Waals surface area contributed by atoms with E-state index >= 15 is 0 Å². The number of rotatable bonds is 5. The summed E-state index contributed by atoms with van der Waals surface area (Å²) in [7, 11) is 0. The molecule has 0 bridgehead atoms. The molecule has 2 aliphatic rings. The molecule has 1 aromatic heterocycles. The molecule has 0 spiro atoms. The molecule has 1 saturated heterocycles. The second-order valence-corrected chi connectivity index (χ2v) is 5.57. The number of hydrogen-bond donors (Lipinski definition) is 3. The number of carbonyl (C=O) groups excluding carboxylic acids is 1. The van der Waals surface area contributed by atoms with Gasteiger partial charge in [-0.15, -0.1) is 0 Å². The number of H-pyrrole nitrogens is 1. The van der Waals surface area contributed by atoms with Crippen LogP contribution in [0.5, 0.6) is 0 Å². The van der Waals surface area contributed by atoms with Crippen LogP contribution in [-0.4, -0.2) is 40.2 Å². The van der Waals surface area contributed by atoms with Gasteiger partial charge in [0.2, 0.25) is 5.91 Å². The van der Waals surface area contributed by atoms with Crippen LogP contribution in [0.25, 0.3) is 0 Å². The monoisotopic (exact) mass is 263 g/mol. The van der Waals surface area contributed by atoms with E-state index in [0.717, 1.165) is 31.1 Å². The van der Waals surface area contributed by atoms with E-state index in [9.17, 15) is 4.79 Å². The van der Waals surface area contributed by atoms with Crippen LogP contribution in [0.3, 0.4) is 0 Å². The van der Waals surface area contributed by atoms with Gasteiger partial charge in [-0.05, 0) is 37.6 Å². The molecule has 6 heteroatoms. The van der Waals surface area contributed by atoms with Gasteiger partial charge in [0, 0.05) is 13.0 Å². The Morgan fingerprint density at radius 1 is 1.47 bits per heavy atom. The lowest BCUT2D eigenvalue weighted by Gasteiger charge is -2.17. The van der Waals surface area contributed by atoms with Crippen molar-refractivity contribution in [1.29, 1.82) is 0 Å². The third kappa shape index (κ3) is 2.78. The SMILES string of the molecule is O=C(NCCCc1ncn[nH]1)C1NCC2CCCC21. The van der Waals surface area contributed by atoms with Crippen molar-refractivity contribution < 1.29 is 4.79 Å². The van der Waals surface area contributed by atoms with E-state index in [4.69, 9.17) is 0 Å². The van der Waals surface area contributed by atoms with E-state index in [-0.39, 0.29) is 11.9 Å². The van der Waals surface area contributed by atoms with Crippen molar-refractivity contribution in [3.63, 3.8) is 0 Å². The molecule has 6 nitrogen and oxygen atoms in total. The quantitative estimate of drug-likeness (QED) is 0.665. The first kappa shape index (κ1) is 12.6. The number of fused-ring (bicyclic) bond motifs is 1. The molecule has 3 rings (SSSR count). The highest BCUT2D eigenvalue weighted by atomic mass is 16.2. The molecule has 0 radical (unpaired) electrons. The lowest BCUT2D eigenvalue weighted by molar-refractivity contribution is -0.123. The largest absolute Gasteiger partial charge is 0.355 e. The summed E-state index contributed by atoms with van der Waals surface area (Å²) in [6, 6.07) is 0.0396. The maximum atomic E-state index is 12.1. The minimum Gasteiger partial charge on any atom is -0.355 e.